The van der Waals surface area contributed by atoms with Gasteiger partial charge in [-0.3, -0.25) is 4.79 Å². The van der Waals surface area contributed by atoms with Crippen LogP contribution >= 0.6 is 0 Å². The van der Waals surface area contributed by atoms with Crippen LogP contribution in [0.5, 0.6) is 5.75 Å². The molecule has 3 saturated carbocycles. The van der Waals surface area contributed by atoms with Crippen molar-refractivity contribution in [2.45, 2.75) is 83.2 Å². The van der Waals surface area contributed by atoms with Crippen LogP contribution < -0.4 is 10.1 Å². The minimum atomic E-state index is -0.213. The smallest absolute Gasteiger partial charge is 0.226 e. The lowest BCUT2D eigenvalue weighted by Crippen LogP contribution is -2.52. The van der Waals surface area contributed by atoms with Gasteiger partial charge in [0.05, 0.1) is 11.9 Å². The second-order valence-corrected chi connectivity index (χ2v) is 9.96. The third-order valence-corrected chi connectivity index (χ3v) is 7.79. The molecule has 0 radical (unpaired) electrons. The highest BCUT2D eigenvalue weighted by molar-refractivity contribution is 5.83. The molecule has 5 heteroatoms. The van der Waals surface area contributed by atoms with Gasteiger partial charge in [0.2, 0.25) is 5.91 Å². The van der Waals surface area contributed by atoms with E-state index in [1.165, 1.54) is 5.56 Å². The van der Waals surface area contributed by atoms with Crippen molar-refractivity contribution in [2.75, 3.05) is 20.3 Å². The Labute approximate surface area is 186 Å². The van der Waals surface area contributed by atoms with Gasteiger partial charge in [-0.25, -0.2) is 4.39 Å². The molecule has 0 atom stereocenters. The summed E-state index contributed by atoms with van der Waals surface area (Å²) in [6.45, 7) is 6.96. The molecule has 4 rings (SSSR count). The van der Waals surface area contributed by atoms with E-state index in [4.69, 9.17) is 9.47 Å². The molecular weight excluding hydrogens is 393 g/mol. The summed E-state index contributed by atoms with van der Waals surface area (Å²) < 4.78 is 23.9. The van der Waals surface area contributed by atoms with Crippen LogP contribution in [-0.2, 0) is 14.9 Å². The van der Waals surface area contributed by atoms with E-state index in [0.29, 0.717) is 24.9 Å². The predicted octanol–water partition coefficient (Wildman–Crippen LogP) is 5.85. The highest BCUT2D eigenvalue weighted by Crippen LogP contribution is 2.57. The van der Waals surface area contributed by atoms with Gasteiger partial charge >= 0.3 is 0 Å². The molecule has 0 unspecified atom stereocenters. The van der Waals surface area contributed by atoms with Gasteiger partial charge in [0.25, 0.3) is 0 Å². The average molecular weight is 432 g/mol. The Bertz CT molecular complexity index is 760. The molecule has 0 spiro atoms. The summed E-state index contributed by atoms with van der Waals surface area (Å²) in [5.41, 5.74) is 1.76. The molecular formula is C26H38FNO3. The van der Waals surface area contributed by atoms with Gasteiger partial charge in [-0.15, -0.1) is 0 Å². The molecule has 1 aromatic carbocycles. The molecule has 2 bridgehead atoms. The van der Waals surface area contributed by atoms with Crippen LogP contribution in [0.15, 0.2) is 36.2 Å². The van der Waals surface area contributed by atoms with Crippen LogP contribution in [-0.4, -0.2) is 31.8 Å². The van der Waals surface area contributed by atoms with E-state index in [9.17, 15) is 9.18 Å². The number of amides is 1. The number of hydrogen-bond donors (Lipinski definition) is 1. The number of ether oxygens (including phenoxy) is 2. The monoisotopic (exact) mass is 431 g/mol. The van der Waals surface area contributed by atoms with Gasteiger partial charge < -0.3 is 14.8 Å². The maximum Gasteiger partial charge on any atom is 0.226 e. The maximum atomic E-state index is 13.0. The minimum Gasteiger partial charge on any atom is -0.489 e. The Hall–Kier alpha value is -1.88. The Morgan fingerprint density at radius 3 is 2.26 bits per heavy atom. The molecule has 172 valence electrons. The highest BCUT2D eigenvalue weighted by atomic mass is 19.1. The Morgan fingerprint density at radius 2 is 1.74 bits per heavy atom. The Morgan fingerprint density at radius 1 is 1.13 bits per heavy atom. The van der Waals surface area contributed by atoms with E-state index >= 15 is 0 Å². The summed E-state index contributed by atoms with van der Waals surface area (Å²) in [6.07, 6.45) is 8.10. The number of rotatable bonds is 10. The number of carbonyl (C=O) groups is 1. The van der Waals surface area contributed by atoms with Crippen LogP contribution in [0.1, 0.15) is 77.7 Å². The number of hydrogen-bond acceptors (Lipinski definition) is 3. The van der Waals surface area contributed by atoms with Crippen LogP contribution in [0.4, 0.5) is 4.39 Å². The first kappa shape index (κ1) is 23.8. The number of fused-ring (bicyclic) bond motifs is 3. The van der Waals surface area contributed by atoms with Crippen molar-refractivity contribution in [2.24, 2.45) is 5.41 Å². The zero-order chi connectivity index (χ0) is 22.5. The number of carbonyl (C=O) groups excluding carboxylic acids is 1. The summed E-state index contributed by atoms with van der Waals surface area (Å²) in [5, 5.41) is 3.18. The lowest BCUT2D eigenvalue weighted by atomic mass is 9.51. The molecule has 0 saturated heterocycles. The summed E-state index contributed by atoms with van der Waals surface area (Å²) in [5.74, 6) is 0.997. The van der Waals surface area contributed by atoms with Crippen LogP contribution in [0.25, 0.3) is 0 Å². The second kappa shape index (κ2) is 9.72. The van der Waals surface area contributed by atoms with Crippen LogP contribution in [0.2, 0.25) is 0 Å². The normalized spacial score (nSPS) is 26.0. The third kappa shape index (κ3) is 5.31. The number of nitrogens with one attached hydrogen (secondary N) is 1. The SMILES string of the molecule is CC/C(=C\F)COc1ccc(C23CCC(C(=O)NCCC(C)(C)OC)(CC2)CC3)cc1. The summed E-state index contributed by atoms with van der Waals surface area (Å²) in [7, 11) is 1.71. The van der Waals surface area contributed by atoms with E-state index < -0.39 is 0 Å². The first-order chi connectivity index (χ1) is 14.8. The Kier molecular flexibility index (Phi) is 7.46. The molecule has 1 N–H and O–H groups in total. The topological polar surface area (TPSA) is 47.6 Å². The van der Waals surface area contributed by atoms with Crippen molar-refractivity contribution in [3.05, 3.63) is 41.7 Å². The summed E-state index contributed by atoms with van der Waals surface area (Å²) >= 11 is 0. The van der Waals surface area contributed by atoms with E-state index in [2.05, 4.69) is 17.4 Å². The van der Waals surface area contributed by atoms with Gasteiger partial charge in [-0.05, 0) is 93.9 Å². The molecule has 0 heterocycles. The molecule has 0 aromatic heterocycles. The molecule has 3 aliphatic carbocycles. The van der Waals surface area contributed by atoms with Crippen LogP contribution in [0.3, 0.4) is 0 Å². The molecule has 31 heavy (non-hydrogen) atoms. The lowest BCUT2D eigenvalue weighted by Gasteiger charge is -2.52. The second-order valence-electron chi connectivity index (χ2n) is 9.96. The fourth-order valence-corrected chi connectivity index (χ4v) is 5.02. The summed E-state index contributed by atoms with van der Waals surface area (Å²) in [4.78, 5) is 13.0. The van der Waals surface area contributed by atoms with E-state index in [1.54, 1.807) is 7.11 Å². The third-order valence-electron chi connectivity index (χ3n) is 7.79. The van der Waals surface area contributed by atoms with Gasteiger partial charge in [0.15, 0.2) is 0 Å². The van der Waals surface area contributed by atoms with E-state index in [1.807, 2.05) is 32.9 Å². The maximum absolute atomic E-state index is 13.0. The van der Waals surface area contributed by atoms with E-state index in [0.717, 1.165) is 50.7 Å². The quantitative estimate of drug-likeness (QED) is 0.505. The minimum absolute atomic E-state index is 0.173. The first-order valence-electron chi connectivity index (χ1n) is 11.6. The summed E-state index contributed by atoms with van der Waals surface area (Å²) in [6, 6.07) is 8.31. The molecule has 0 aliphatic heterocycles. The fourth-order valence-electron chi connectivity index (χ4n) is 5.02. The molecule has 3 aliphatic rings. The number of methoxy groups -OCH3 is 1. The standard InChI is InChI=1S/C26H38FNO3/c1-5-20(18-27)19-31-22-8-6-21(7-9-22)25-10-13-26(14-11-25,15-12-25)23(29)28-17-16-24(2,3)30-4/h6-9,18H,5,10-17,19H2,1-4H3,(H,28,29)/b20-18+. The molecule has 1 aromatic rings. The van der Waals surface area contributed by atoms with Gasteiger partial charge in [0, 0.05) is 19.1 Å². The van der Waals surface area contributed by atoms with Crippen molar-refractivity contribution < 1.29 is 18.7 Å². The largest absolute Gasteiger partial charge is 0.489 e. The molecule has 4 nitrogen and oxygen atoms in total. The predicted molar refractivity (Wildman–Crippen MR) is 122 cm³/mol. The zero-order valence-electron chi connectivity index (χ0n) is 19.6. The lowest BCUT2D eigenvalue weighted by molar-refractivity contribution is -0.138. The van der Waals surface area contributed by atoms with Crippen molar-refractivity contribution in [1.29, 1.82) is 0 Å². The molecule has 3 fully saturated rings. The first-order valence-corrected chi connectivity index (χ1v) is 11.6. The van der Waals surface area contributed by atoms with Crippen LogP contribution in [0, 0.1) is 5.41 Å². The fraction of sp³-hybridized carbons (Fsp3) is 0.654. The van der Waals surface area contributed by atoms with Crippen molar-refractivity contribution >= 4 is 5.91 Å². The number of halogens is 1. The van der Waals surface area contributed by atoms with Gasteiger partial charge in [-0.1, -0.05) is 19.1 Å². The highest BCUT2D eigenvalue weighted by Gasteiger charge is 2.52. The number of benzene rings is 1. The van der Waals surface area contributed by atoms with Crippen molar-refractivity contribution in [3.63, 3.8) is 0 Å². The Balaban J connectivity index is 1.56. The van der Waals surface area contributed by atoms with Gasteiger partial charge in [0.1, 0.15) is 12.4 Å². The molecule has 1 amide bonds. The van der Waals surface area contributed by atoms with Crippen molar-refractivity contribution in [3.8, 4) is 5.75 Å². The zero-order valence-corrected chi connectivity index (χ0v) is 19.6. The van der Waals surface area contributed by atoms with Gasteiger partial charge in [-0.2, -0.15) is 0 Å². The average Bonchev–Trinajstić information content (AvgIpc) is 2.81. The van der Waals surface area contributed by atoms with E-state index in [-0.39, 0.29) is 28.9 Å². The van der Waals surface area contributed by atoms with Crippen molar-refractivity contribution in [1.82, 2.24) is 5.32 Å².